The molecule has 1 amide bonds. The second-order valence-electron chi connectivity index (χ2n) is 8.73. The van der Waals surface area contributed by atoms with E-state index in [1.165, 1.54) is 11.2 Å². The highest BCUT2D eigenvalue weighted by atomic mass is 19.1. The lowest BCUT2D eigenvalue weighted by molar-refractivity contribution is 0.0780. The van der Waals surface area contributed by atoms with E-state index in [1.807, 2.05) is 28.9 Å². The fraction of sp³-hybridized carbons (Fsp3) is 0.280. The molecule has 0 unspecified atom stereocenters. The zero-order valence-corrected chi connectivity index (χ0v) is 19.2. The smallest absolute Gasteiger partial charge is 0.256 e. The average molecular weight is 478 g/mol. The van der Waals surface area contributed by atoms with Crippen molar-refractivity contribution in [3.8, 4) is 11.3 Å². The van der Waals surface area contributed by atoms with E-state index in [4.69, 9.17) is 10.8 Å². The van der Waals surface area contributed by atoms with Crippen molar-refractivity contribution < 1.29 is 13.6 Å². The molecule has 1 aliphatic heterocycles. The van der Waals surface area contributed by atoms with Crippen molar-refractivity contribution in [2.24, 2.45) is 0 Å². The van der Waals surface area contributed by atoms with Crippen molar-refractivity contribution in [1.29, 1.82) is 0 Å². The van der Waals surface area contributed by atoms with Crippen molar-refractivity contribution in [3.05, 3.63) is 71.6 Å². The maximum atomic E-state index is 14.0. The Bertz CT molecular complexity index is 1380. The summed E-state index contributed by atoms with van der Waals surface area (Å²) in [6.07, 6.45) is 3.51. The predicted octanol–water partition coefficient (Wildman–Crippen LogP) is 3.55. The summed E-state index contributed by atoms with van der Waals surface area (Å²) in [5.41, 5.74) is 8.99. The standard InChI is InChI=1S/C25H25F2N7O/c1-33(25(35)19-11-17(26)8-9-20(19)27)13-15-4-6-16(7-5-15)22-21-23(28)30-14-31-24(21)34(32-22)18-3-2-10-29-12-18/h4-9,11,14,18,29H,2-3,10,12-13H2,1H3,(H2,28,30,31)/t18-/m1/s1. The van der Waals surface area contributed by atoms with Gasteiger partial charge in [-0.1, -0.05) is 24.3 Å². The Balaban J connectivity index is 1.41. The number of fused-ring (bicyclic) bond motifs is 1. The van der Waals surface area contributed by atoms with Crippen molar-refractivity contribution in [3.63, 3.8) is 0 Å². The first-order valence-electron chi connectivity index (χ1n) is 11.4. The van der Waals surface area contributed by atoms with E-state index in [0.29, 0.717) is 22.5 Å². The van der Waals surface area contributed by atoms with E-state index >= 15 is 0 Å². The minimum absolute atomic E-state index is 0.177. The highest BCUT2D eigenvalue weighted by Crippen LogP contribution is 2.33. The van der Waals surface area contributed by atoms with Crippen LogP contribution in [0.15, 0.2) is 48.8 Å². The average Bonchev–Trinajstić information content (AvgIpc) is 3.27. The lowest BCUT2D eigenvalue weighted by Gasteiger charge is -2.23. The van der Waals surface area contributed by atoms with E-state index in [9.17, 15) is 13.6 Å². The van der Waals surface area contributed by atoms with Gasteiger partial charge in [0.15, 0.2) is 5.65 Å². The number of benzene rings is 2. The molecule has 0 bridgehead atoms. The predicted molar refractivity (Wildman–Crippen MR) is 128 cm³/mol. The third-order valence-electron chi connectivity index (χ3n) is 6.29. The zero-order valence-electron chi connectivity index (χ0n) is 19.2. The van der Waals surface area contributed by atoms with Gasteiger partial charge in [-0.25, -0.2) is 23.4 Å². The number of nitrogen functional groups attached to an aromatic ring is 1. The molecule has 3 N–H and O–H groups in total. The molecule has 10 heteroatoms. The fourth-order valence-electron chi connectivity index (χ4n) is 4.47. The maximum absolute atomic E-state index is 14.0. The van der Waals surface area contributed by atoms with Gasteiger partial charge in [-0.05, 0) is 43.1 Å². The van der Waals surface area contributed by atoms with E-state index < -0.39 is 17.5 Å². The zero-order chi connectivity index (χ0) is 24.5. The summed E-state index contributed by atoms with van der Waals surface area (Å²) >= 11 is 0. The quantitative estimate of drug-likeness (QED) is 0.456. The molecule has 3 heterocycles. The number of nitrogens with zero attached hydrogens (tertiary/aromatic N) is 5. The Kier molecular flexibility index (Phi) is 6.12. The number of carbonyl (C=O) groups excluding carboxylic acids is 1. The van der Waals surface area contributed by atoms with Crippen LogP contribution in [0.5, 0.6) is 0 Å². The van der Waals surface area contributed by atoms with E-state index in [-0.39, 0.29) is 18.2 Å². The number of aromatic nitrogens is 4. The molecule has 1 saturated heterocycles. The number of carbonyl (C=O) groups is 1. The Morgan fingerprint density at radius 2 is 2.00 bits per heavy atom. The summed E-state index contributed by atoms with van der Waals surface area (Å²) < 4.78 is 29.4. The number of amides is 1. The van der Waals surface area contributed by atoms with E-state index in [1.54, 1.807) is 7.05 Å². The molecule has 4 aromatic rings. The first-order chi connectivity index (χ1) is 16.9. The molecule has 5 rings (SSSR count). The molecule has 8 nitrogen and oxygen atoms in total. The number of piperidine rings is 1. The second-order valence-corrected chi connectivity index (χ2v) is 8.73. The van der Waals surface area contributed by atoms with Gasteiger partial charge in [-0.3, -0.25) is 4.79 Å². The van der Waals surface area contributed by atoms with Crippen molar-refractivity contribution >= 4 is 22.8 Å². The summed E-state index contributed by atoms with van der Waals surface area (Å²) in [5.74, 6) is -1.64. The SMILES string of the molecule is CN(Cc1ccc(-c2nn([C@@H]3CCCNC3)c3ncnc(N)c23)cc1)C(=O)c1cc(F)ccc1F. The highest BCUT2D eigenvalue weighted by Gasteiger charge is 2.24. The molecular formula is C25H25F2N7O. The molecule has 0 spiro atoms. The number of hydrogen-bond acceptors (Lipinski definition) is 6. The van der Waals surface area contributed by atoms with Crippen LogP contribution in [-0.4, -0.2) is 50.7 Å². The van der Waals surface area contributed by atoms with Crippen LogP contribution in [0.2, 0.25) is 0 Å². The number of anilines is 1. The number of nitrogens with two attached hydrogens (primary N) is 1. The molecule has 0 saturated carbocycles. The van der Waals surface area contributed by atoms with Crippen molar-refractivity contribution in [2.45, 2.75) is 25.4 Å². The van der Waals surface area contributed by atoms with Gasteiger partial charge in [0.25, 0.3) is 5.91 Å². The normalized spacial score (nSPS) is 15.9. The van der Waals surface area contributed by atoms with Crippen LogP contribution in [0.25, 0.3) is 22.3 Å². The van der Waals surface area contributed by atoms with Gasteiger partial charge >= 0.3 is 0 Å². The first kappa shape index (κ1) is 22.9. The van der Waals surface area contributed by atoms with Crippen LogP contribution in [0, 0.1) is 11.6 Å². The minimum Gasteiger partial charge on any atom is -0.383 e. The van der Waals surface area contributed by atoms with Crippen LogP contribution in [0.1, 0.15) is 34.8 Å². The van der Waals surface area contributed by atoms with Gasteiger partial charge in [-0.2, -0.15) is 5.10 Å². The van der Waals surface area contributed by atoms with Gasteiger partial charge in [-0.15, -0.1) is 0 Å². The van der Waals surface area contributed by atoms with Crippen LogP contribution < -0.4 is 11.1 Å². The highest BCUT2D eigenvalue weighted by molar-refractivity contribution is 5.98. The summed E-state index contributed by atoms with van der Waals surface area (Å²) in [6, 6.07) is 10.6. The third-order valence-corrected chi connectivity index (χ3v) is 6.29. The number of nitrogens with one attached hydrogen (secondary N) is 1. The summed E-state index contributed by atoms with van der Waals surface area (Å²) in [5, 5.41) is 8.98. The summed E-state index contributed by atoms with van der Waals surface area (Å²) in [6.45, 7) is 2.03. The van der Waals surface area contributed by atoms with Gasteiger partial charge in [0.1, 0.15) is 29.5 Å². The molecule has 0 aliphatic carbocycles. The van der Waals surface area contributed by atoms with Crippen LogP contribution in [0.3, 0.4) is 0 Å². The first-order valence-corrected chi connectivity index (χ1v) is 11.4. The summed E-state index contributed by atoms with van der Waals surface area (Å²) in [4.78, 5) is 22.6. The molecule has 180 valence electrons. The van der Waals surface area contributed by atoms with Crippen LogP contribution in [0.4, 0.5) is 14.6 Å². The molecule has 1 fully saturated rings. The van der Waals surface area contributed by atoms with E-state index in [0.717, 1.165) is 55.3 Å². The maximum Gasteiger partial charge on any atom is 0.256 e. The van der Waals surface area contributed by atoms with Crippen molar-refractivity contribution in [2.75, 3.05) is 25.9 Å². The molecule has 1 aliphatic rings. The largest absolute Gasteiger partial charge is 0.383 e. The molecule has 2 aromatic heterocycles. The van der Waals surface area contributed by atoms with E-state index in [2.05, 4.69) is 15.3 Å². The topological polar surface area (TPSA) is 102 Å². The minimum atomic E-state index is -0.756. The lowest BCUT2D eigenvalue weighted by atomic mass is 10.1. The monoisotopic (exact) mass is 477 g/mol. The van der Waals surface area contributed by atoms with Gasteiger partial charge in [0.05, 0.1) is 17.0 Å². The molecular weight excluding hydrogens is 452 g/mol. The van der Waals surface area contributed by atoms with Gasteiger partial charge in [0, 0.05) is 25.7 Å². The number of halogens is 2. The van der Waals surface area contributed by atoms with Gasteiger partial charge in [0.2, 0.25) is 0 Å². The molecule has 0 radical (unpaired) electrons. The number of rotatable bonds is 5. The van der Waals surface area contributed by atoms with Crippen molar-refractivity contribution in [1.82, 2.24) is 30.0 Å². The second kappa shape index (κ2) is 9.38. The van der Waals surface area contributed by atoms with Crippen LogP contribution in [-0.2, 0) is 6.54 Å². The third kappa shape index (κ3) is 4.44. The molecule has 1 atom stereocenters. The Labute approximate surface area is 200 Å². The Morgan fingerprint density at radius 1 is 1.20 bits per heavy atom. The molecule has 35 heavy (non-hydrogen) atoms. The van der Waals surface area contributed by atoms with Gasteiger partial charge < -0.3 is 16.0 Å². The Hall–Kier alpha value is -3.92. The fourth-order valence-corrected chi connectivity index (χ4v) is 4.47. The summed E-state index contributed by atoms with van der Waals surface area (Å²) in [7, 11) is 1.55. The molecule has 2 aromatic carbocycles. The Morgan fingerprint density at radius 3 is 2.74 bits per heavy atom. The lowest BCUT2D eigenvalue weighted by Crippen LogP contribution is -2.32. The van der Waals surface area contributed by atoms with Crippen LogP contribution >= 0.6 is 0 Å². The number of hydrogen-bond donors (Lipinski definition) is 2.